The first kappa shape index (κ1) is 8.98. The number of benzene rings is 1. The van der Waals surface area contributed by atoms with Crippen molar-refractivity contribution in [3.8, 4) is 0 Å². The van der Waals surface area contributed by atoms with E-state index in [0.29, 0.717) is 6.07 Å². The van der Waals surface area contributed by atoms with Gasteiger partial charge in [-0.05, 0) is 12.1 Å². The first-order valence-corrected chi connectivity index (χ1v) is 3.59. The zero-order chi connectivity index (χ0) is 10.3. The second-order valence-electron chi connectivity index (χ2n) is 2.62. The van der Waals surface area contributed by atoms with Crippen molar-refractivity contribution in [3.05, 3.63) is 29.9 Å². The predicted octanol–water partition coefficient (Wildman–Crippen LogP) is 2.99. The van der Waals surface area contributed by atoms with E-state index < -0.39 is 23.1 Å². The Bertz CT molecular complexity index is 474. The molecule has 0 aliphatic heterocycles. The smallest absolute Gasteiger partial charge is 0.422 e. The third kappa shape index (κ3) is 1.23. The van der Waals surface area contributed by atoms with Crippen molar-refractivity contribution < 1.29 is 22.0 Å². The summed E-state index contributed by atoms with van der Waals surface area (Å²) in [6.45, 7) is 0. The highest BCUT2D eigenvalue weighted by Gasteiger charge is 2.37. The molecule has 0 N–H and O–H groups in total. The summed E-state index contributed by atoms with van der Waals surface area (Å²) in [6, 6.07) is 1.84. The van der Waals surface area contributed by atoms with E-state index in [1.807, 2.05) is 0 Å². The van der Waals surface area contributed by atoms with E-state index in [0.717, 1.165) is 12.5 Å². The topological polar surface area (TPSA) is 26.0 Å². The number of nitrogens with zero attached hydrogens (tertiary/aromatic N) is 1. The fourth-order valence-electron chi connectivity index (χ4n) is 1.17. The summed E-state index contributed by atoms with van der Waals surface area (Å²) in [4.78, 5) is 3.50. The molecule has 0 aliphatic carbocycles. The molecular formula is C8H3F4NO. The fraction of sp³-hybridized carbons (Fsp3) is 0.125. The van der Waals surface area contributed by atoms with E-state index in [-0.39, 0.29) is 5.52 Å². The van der Waals surface area contributed by atoms with Crippen LogP contribution in [0.25, 0.3) is 11.1 Å². The van der Waals surface area contributed by atoms with Gasteiger partial charge in [-0.25, -0.2) is 9.37 Å². The van der Waals surface area contributed by atoms with Gasteiger partial charge in [-0.3, -0.25) is 0 Å². The molecule has 14 heavy (non-hydrogen) atoms. The number of fused-ring (bicyclic) bond motifs is 1. The molecule has 0 unspecified atom stereocenters. The van der Waals surface area contributed by atoms with E-state index in [1.165, 1.54) is 0 Å². The molecule has 0 saturated carbocycles. The van der Waals surface area contributed by atoms with E-state index in [1.54, 1.807) is 0 Å². The number of halogens is 4. The molecule has 0 saturated heterocycles. The van der Waals surface area contributed by atoms with Crippen LogP contribution in [0.3, 0.4) is 0 Å². The number of hydrogen-bond donors (Lipinski definition) is 0. The lowest BCUT2D eigenvalue weighted by Crippen LogP contribution is -2.08. The predicted molar refractivity (Wildman–Crippen MR) is 39.0 cm³/mol. The third-order valence-electron chi connectivity index (χ3n) is 1.73. The Kier molecular flexibility index (Phi) is 1.73. The van der Waals surface area contributed by atoms with Crippen molar-refractivity contribution in [1.29, 1.82) is 0 Å². The van der Waals surface area contributed by atoms with Gasteiger partial charge in [0.2, 0.25) is 0 Å². The number of oxazole rings is 1. The molecule has 2 rings (SSSR count). The molecule has 1 aromatic heterocycles. The van der Waals surface area contributed by atoms with Crippen LogP contribution in [0.1, 0.15) is 5.56 Å². The summed E-state index contributed by atoms with van der Waals surface area (Å²) in [5.74, 6) is -1.36. The molecule has 0 atom stereocenters. The minimum absolute atomic E-state index is 0.0151. The lowest BCUT2D eigenvalue weighted by atomic mass is 10.2. The maximum atomic E-state index is 12.9. The summed E-state index contributed by atoms with van der Waals surface area (Å²) < 4.78 is 54.4. The molecule has 6 heteroatoms. The largest absolute Gasteiger partial charge is 0.443 e. The molecular weight excluding hydrogens is 202 g/mol. The van der Waals surface area contributed by atoms with Gasteiger partial charge in [0.1, 0.15) is 16.9 Å². The van der Waals surface area contributed by atoms with Gasteiger partial charge in [-0.1, -0.05) is 0 Å². The second-order valence-corrected chi connectivity index (χ2v) is 2.62. The molecule has 0 radical (unpaired) electrons. The third-order valence-corrected chi connectivity index (χ3v) is 1.73. The first-order chi connectivity index (χ1) is 6.50. The van der Waals surface area contributed by atoms with Crippen molar-refractivity contribution in [2.45, 2.75) is 6.18 Å². The highest BCUT2D eigenvalue weighted by molar-refractivity contribution is 5.76. The highest BCUT2D eigenvalue weighted by atomic mass is 19.4. The zero-order valence-electron chi connectivity index (χ0n) is 6.60. The van der Waals surface area contributed by atoms with Crippen LogP contribution in [0.15, 0.2) is 22.9 Å². The average molecular weight is 205 g/mol. The average Bonchev–Trinajstić information content (AvgIpc) is 2.48. The van der Waals surface area contributed by atoms with E-state index in [9.17, 15) is 17.6 Å². The van der Waals surface area contributed by atoms with Gasteiger partial charge in [-0.2, -0.15) is 13.2 Å². The number of aromatic nitrogens is 1. The quantitative estimate of drug-likeness (QED) is 0.618. The normalized spacial score (nSPS) is 12.3. The van der Waals surface area contributed by atoms with Crippen LogP contribution in [-0.2, 0) is 6.18 Å². The molecule has 0 amide bonds. The van der Waals surface area contributed by atoms with Gasteiger partial charge in [0, 0.05) is 0 Å². The number of hydrogen-bond acceptors (Lipinski definition) is 2. The van der Waals surface area contributed by atoms with Crippen LogP contribution >= 0.6 is 0 Å². The van der Waals surface area contributed by atoms with Gasteiger partial charge in [0.25, 0.3) is 0 Å². The van der Waals surface area contributed by atoms with Gasteiger partial charge in [0.15, 0.2) is 12.0 Å². The van der Waals surface area contributed by atoms with Crippen LogP contribution in [0.5, 0.6) is 0 Å². The standard InChI is InChI=1S/C8H3F4NO/c9-4-1-2-5-7(14-3-13-5)6(4)8(10,11)12/h1-3H. The Morgan fingerprint density at radius 2 is 1.93 bits per heavy atom. The summed E-state index contributed by atoms with van der Waals surface area (Å²) in [5, 5.41) is 0. The number of rotatable bonds is 0. The minimum Gasteiger partial charge on any atom is -0.443 e. The lowest BCUT2D eigenvalue weighted by Gasteiger charge is -2.06. The SMILES string of the molecule is Fc1ccc2ncoc2c1C(F)(F)F. The van der Waals surface area contributed by atoms with Crippen LogP contribution in [-0.4, -0.2) is 4.98 Å². The van der Waals surface area contributed by atoms with Crippen LogP contribution in [0.4, 0.5) is 17.6 Å². The minimum atomic E-state index is -4.77. The molecule has 0 bridgehead atoms. The van der Waals surface area contributed by atoms with E-state index in [4.69, 9.17) is 0 Å². The lowest BCUT2D eigenvalue weighted by molar-refractivity contribution is -0.139. The van der Waals surface area contributed by atoms with Gasteiger partial charge in [0.05, 0.1) is 0 Å². The highest BCUT2D eigenvalue weighted by Crippen LogP contribution is 2.36. The Morgan fingerprint density at radius 1 is 1.21 bits per heavy atom. The van der Waals surface area contributed by atoms with Crippen molar-refractivity contribution in [2.75, 3.05) is 0 Å². The summed E-state index contributed by atoms with van der Waals surface area (Å²) in [6.07, 6.45) is -3.93. The van der Waals surface area contributed by atoms with Crippen molar-refractivity contribution in [1.82, 2.24) is 4.98 Å². The summed E-state index contributed by atoms with van der Waals surface area (Å²) in [7, 11) is 0. The van der Waals surface area contributed by atoms with Crippen molar-refractivity contribution in [2.24, 2.45) is 0 Å². The van der Waals surface area contributed by atoms with Gasteiger partial charge >= 0.3 is 6.18 Å². The monoisotopic (exact) mass is 205 g/mol. The summed E-state index contributed by atoms with van der Waals surface area (Å²) in [5.41, 5.74) is -2.00. The fourth-order valence-corrected chi connectivity index (χ4v) is 1.17. The maximum absolute atomic E-state index is 12.9. The molecule has 1 aromatic carbocycles. The van der Waals surface area contributed by atoms with Crippen molar-refractivity contribution >= 4 is 11.1 Å². The number of alkyl halides is 3. The van der Waals surface area contributed by atoms with E-state index in [2.05, 4.69) is 9.40 Å². The van der Waals surface area contributed by atoms with Gasteiger partial charge in [-0.15, -0.1) is 0 Å². The molecule has 0 aliphatic rings. The Morgan fingerprint density at radius 3 is 2.57 bits per heavy atom. The molecule has 2 nitrogen and oxygen atoms in total. The Balaban J connectivity index is 2.83. The van der Waals surface area contributed by atoms with Gasteiger partial charge < -0.3 is 4.42 Å². The molecule has 0 fully saturated rings. The molecule has 1 heterocycles. The van der Waals surface area contributed by atoms with Crippen molar-refractivity contribution in [3.63, 3.8) is 0 Å². The van der Waals surface area contributed by atoms with Crippen LogP contribution in [0, 0.1) is 5.82 Å². The molecule has 2 aromatic rings. The molecule has 74 valence electrons. The van der Waals surface area contributed by atoms with Crippen LogP contribution < -0.4 is 0 Å². The maximum Gasteiger partial charge on any atom is 0.422 e. The Hall–Kier alpha value is -1.59. The summed E-state index contributed by atoms with van der Waals surface area (Å²) >= 11 is 0. The second kappa shape index (κ2) is 2.70. The first-order valence-electron chi connectivity index (χ1n) is 3.59. The zero-order valence-corrected chi connectivity index (χ0v) is 6.60. The Labute approximate surface area is 75.2 Å². The molecule has 0 spiro atoms. The van der Waals surface area contributed by atoms with Crippen LogP contribution in [0.2, 0.25) is 0 Å². The van der Waals surface area contributed by atoms with E-state index >= 15 is 0 Å².